The molecule has 48 heavy (non-hydrogen) atoms. The van der Waals surface area contributed by atoms with Gasteiger partial charge in [-0.2, -0.15) is 0 Å². The number of piperidine rings is 1. The van der Waals surface area contributed by atoms with Crippen molar-refractivity contribution in [3.8, 4) is 5.75 Å². The predicted molar refractivity (Wildman–Crippen MR) is 187 cm³/mol. The summed E-state index contributed by atoms with van der Waals surface area (Å²) in [5.74, 6) is -0.402. The van der Waals surface area contributed by atoms with E-state index in [0.717, 1.165) is 62.7 Å². The molecule has 5 rings (SSSR count). The predicted octanol–water partition coefficient (Wildman–Crippen LogP) is 1.98. The van der Waals surface area contributed by atoms with E-state index in [0.29, 0.717) is 44.3 Å². The number of fused-ring (bicyclic) bond motifs is 2. The number of phenolic OH excluding ortho intramolecular Hbond substituents is 1. The second-order valence-electron chi connectivity index (χ2n) is 13.8. The number of carbonyl (C=O) groups excluding carboxylic acids is 3. The highest BCUT2D eigenvalue weighted by Gasteiger charge is 2.48. The van der Waals surface area contributed by atoms with Crippen LogP contribution in [0.4, 0.5) is 0 Å². The maximum Gasteiger partial charge on any atom is 0.246 e. The van der Waals surface area contributed by atoms with E-state index in [9.17, 15) is 19.5 Å². The topological polar surface area (TPSA) is 175 Å². The molecule has 1 saturated carbocycles. The second kappa shape index (κ2) is 16.5. The van der Waals surface area contributed by atoms with Crippen LogP contribution in [0, 0.1) is 0 Å². The Morgan fingerprint density at radius 3 is 2.23 bits per heavy atom. The number of unbranched alkanes of at least 4 members (excludes halogenated alkanes) is 1. The van der Waals surface area contributed by atoms with Crippen molar-refractivity contribution >= 4 is 17.7 Å². The van der Waals surface area contributed by atoms with Gasteiger partial charge in [-0.3, -0.25) is 14.4 Å². The number of hydrogen-bond donors (Lipinski definition) is 7. The van der Waals surface area contributed by atoms with Crippen LogP contribution < -0.4 is 32.7 Å². The van der Waals surface area contributed by atoms with Crippen molar-refractivity contribution in [2.24, 2.45) is 11.5 Å². The van der Waals surface area contributed by atoms with Crippen molar-refractivity contribution in [2.75, 3.05) is 19.6 Å². The first-order chi connectivity index (χ1) is 23.2. The van der Waals surface area contributed by atoms with Crippen LogP contribution in [0.2, 0.25) is 0 Å². The molecule has 3 amide bonds. The molecule has 11 nitrogen and oxygen atoms in total. The van der Waals surface area contributed by atoms with Crippen molar-refractivity contribution in [3.05, 3.63) is 78.0 Å². The molecule has 2 aromatic carbocycles. The molecule has 0 radical (unpaired) electrons. The highest BCUT2D eigenvalue weighted by Crippen LogP contribution is 2.32. The molecule has 0 spiro atoms. The Bertz CT molecular complexity index is 1380. The molecular weight excluding hydrogens is 606 g/mol. The third-order valence-electron chi connectivity index (χ3n) is 10.2. The van der Waals surface area contributed by atoms with Crippen LogP contribution >= 0.6 is 0 Å². The summed E-state index contributed by atoms with van der Waals surface area (Å²) < 4.78 is 0. The van der Waals surface area contributed by atoms with Gasteiger partial charge in [-0.05, 0) is 81.2 Å². The number of nitrogens with two attached hydrogens (primary N) is 2. The van der Waals surface area contributed by atoms with E-state index < -0.39 is 23.7 Å². The minimum absolute atomic E-state index is 0.00950. The molecule has 2 heterocycles. The van der Waals surface area contributed by atoms with Crippen molar-refractivity contribution < 1.29 is 19.5 Å². The highest BCUT2D eigenvalue weighted by atomic mass is 16.3. The Kier molecular flexibility index (Phi) is 12.1. The summed E-state index contributed by atoms with van der Waals surface area (Å²) in [7, 11) is 0. The summed E-state index contributed by atoms with van der Waals surface area (Å²) in [5, 5.41) is 22.8. The Hall–Kier alpha value is -3.93. The summed E-state index contributed by atoms with van der Waals surface area (Å²) in [6.45, 7) is 6.47. The molecular formula is C37H53N7O4. The highest BCUT2D eigenvalue weighted by molar-refractivity contribution is 5.93. The second-order valence-corrected chi connectivity index (χ2v) is 13.8. The molecule has 9 N–H and O–H groups in total. The van der Waals surface area contributed by atoms with Crippen molar-refractivity contribution in [3.63, 3.8) is 0 Å². The fraction of sp³-hybridized carbons (Fsp3) is 0.541. The molecule has 260 valence electrons. The van der Waals surface area contributed by atoms with Crippen LogP contribution in [0.15, 0.2) is 66.9 Å². The number of aromatic hydroxyl groups is 1. The molecule has 3 aliphatic rings. The molecule has 0 aromatic heterocycles. The molecule has 2 aromatic rings. The molecule has 5 unspecified atom stereocenters. The van der Waals surface area contributed by atoms with Crippen LogP contribution in [-0.4, -0.2) is 83.1 Å². The summed E-state index contributed by atoms with van der Waals surface area (Å²) >= 11 is 0. The largest absolute Gasteiger partial charge is 0.508 e. The minimum atomic E-state index is -0.970. The first-order valence-electron chi connectivity index (χ1n) is 17.6. The van der Waals surface area contributed by atoms with Gasteiger partial charge in [0.1, 0.15) is 17.3 Å². The van der Waals surface area contributed by atoms with E-state index in [1.165, 1.54) is 0 Å². The SMILES string of the molecule is C=C(NC1(C(=O)NC(CCCCN)C(=O)N2C3CNCC2C3)CCCCC1)C(Cc1ccccc1)NC(=O)C(N)Cc1ccc(O)cc1. The van der Waals surface area contributed by atoms with Crippen LogP contribution in [0.25, 0.3) is 0 Å². The van der Waals surface area contributed by atoms with Gasteiger partial charge in [0.15, 0.2) is 0 Å². The van der Waals surface area contributed by atoms with E-state index in [2.05, 4.69) is 27.8 Å². The fourth-order valence-electron chi connectivity index (χ4n) is 7.39. The normalized spacial score (nSPS) is 21.6. The first-order valence-corrected chi connectivity index (χ1v) is 17.6. The van der Waals surface area contributed by atoms with E-state index in [4.69, 9.17) is 11.5 Å². The lowest BCUT2D eigenvalue weighted by Crippen LogP contribution is -2.72. The number of rotatable bonds is 16. The summed E-state index contributed by atoms with van der Waals surface area (Å²) in [4.78, 5) is 43.7. The molecule has 2 saturated heterocycles. The molecule has 2 aliphatic heterocycles. The zero-order chi connectivity index (χ0) is 34.1. The number of phenols is 1. The third-order valence-corrected chi connectivity index (χ3v) is 10.2. The average Bonchev–Trinajstić information content (AvgIpc) is 3.09. The quantitative estimate of drug-likeness (QED) is 0.134. The monoisotopic (exact) mass is 659 g/mol. The van der Waals surface area contributed by atoms with Crippen molar-refractivity contribution in [1.29, 1.82) is 0 Å². The number of nitrogens with zero attached hydrogens (tertiary/aromatic N) is 1. The molecule has 11 heteroatoms. The Morgan fingerprint density at radius 2 is 1.58 bits per heavy atom. The van der Waals surface area contributed by atoms with Crippen LogP contribution in [0.5, 0.6) is 5.75 Å². The smallest absolute Gasteiger partial charge is 0.246 e. The van der Waals surface area contributed by atoms with Crippen molar-refractivity contribution in [2.45, 2.75) is 106 Å². The van der Waals surface area contributed by atoms with Gasteiger partial charge in [-0.15, -0.1) is 0 Å². The van der Waals surface area contributed by atoms with E-state index in [1.807, 2.05) is 35.2 Å². The third kappa shape index (κ3) is 8.75. The van der Waals surface area contributed by atoms with Crippen molar-refractivity contribution in [1.82, 2.24) is 26.2 Å². The van der Waals surface area contributed by atoms with Crippen LogP contribution in [0.3, 0.4) is 0 Å². The van der Waals surface area contributed by atoms with E-state index in [1.54, 1.807) is 24.3 Å². The Balaban J connectivity index is 1.32. The fourth-order valence-corrected chi connectivity index (χ4v) is 7.39. The van der Waals surface area contributed by atoms with Gasteiger partial charge >= 0.3 is 0 Å². The number of hydrogen-bond acceptors (Lipinski definition) is 8. The number of carbonyl (C=O) groups is 3. The number of nitrogens with one attached hydrogen (secondary N) is 4. The van der Waals surface area contributed by atoms with Gasteiger partial charge in [-0.25, -0.2) is 0 Å². The lowest BCUT2D eigenvalue weighted by molar-refractivity contribution is -0.152. The first kappa shape index (κ1) is 35.4. The minimum Gasteiger partial charge on any atom is -0.508 e. The summed E-state index contributed by atoms with van der Waals surface area (Å²) in [6.07, 6.45) is 7.72. The Morgan fingerprint density at radius 1 is 0.917 bits per heavy atom. The number of benzene rings is 2. The average molecular weight is 660 g/mol. The van der Waals surface area contributed by atoms with Gasteiger partial charge < -0.3 is 42.7 Å². The maximum atomic E-state index is 14.4. The molecule has 5 atom stereocenters. The lowest BCUT2D eigenvalue weighted by atomic mass is 9.79. The number of amides is 3. The molecule has 1 aliphatic carbocycles. The molecule has 3 fully saturated rings. The van der Waals surface area contributed by atoms with E-state index >= 15 is 0 Å². The number of piperazine rings is 1. The van der Waals surface area contributed by atoms with Gasteiger partial charge in [0.2, 0.25) is 17.7 Å². The summed E-state index contributed by atoms with van der Waals surface area (Å²) in [5.41, 5.74) is 13.5. The Labute approximate surface area is 284 Å². The van der Waals surface area contributed by atoms with Gasteiger partial charge in [-0.1, -0.05) is 68.3 Å². The van der Waals surface area contributed by atoms with Crippen LogP contribution in [0.1, 0.15) is 68.9 Å². The van der Waals surface area contributed by atoms with E-state index in [-0.39, 0.29) is 35.6 Å². The van der Waals surface area contributed by atoms with Gasteiger partial charge in [0, 0.05) is 30.9 Å². The zero-order valence-electron chi connectivity index (χ0n) is 28.0. The lowest BCUT2D eigenvalue weighted by Gasteiger charge is -2.54. The van der Waals surface area contributed by atoms with Crippen LogP contribution in [-0.2, 0) is 27.2 Å². The van der Waals surface area contributed by atoms with Gasteiger partial charge in [0.05, 0.1) is 12.1 Å². The standard InChI is InChI=1S/C37H53N7O4/c1-25(33(21-26-10-4-2-5-11-26)41-34(46)31(39)20-27-13-15-30(45)16-14-27)43-37(17-7-3-8-18-37)36(48)42-32(12-6-9-19-38)35(47)44-28-22-29(44)24-40-23-28/h2,4-5,10-11,13-16,28-29,31-33,40,43,45H,1,3,6-9,12,17-24,38-39H2,(H,41,46)(H,42,48). The zero-order valence-corrected chi connectivity index (χ0v) is 28.0. The van der Waals surface area contributed by atoms with Gasteiger partial charge in [0.25, 0.3) is 0 Å². The summed E-state index contributed by atoms with van der Waals surface area (Å²) in [6, 6.07) is 14.8. The maximum absolute atomic E-state index is 14.4. The molecule has 2 bridgehead atoms.